The van der Waals surface area contributed by atoms with Gasteiger partial charge in [0.25, 0.3) is 0 Å². The van der Waals surface area contributed by atoms with Crippen LogP contribution >= 0.6 is 11.6 Å². The highest BCUT2D eigenvalue weighted by Crippen LogP contribution is 2.58. The number of anilines is 2. The summed E-state index contributed by atoms with van der Waals surface area (Å²) in [4.78, 5) is 44.3. The van der Waals surface area contributed by atoms with Gasteiger partial charge < -0.3 is 19.7 Å². The molecule has 3 aliphatic rings. The molecule has 0 bridgehead atoms. The zero-order valence-electron chi connectivity index (χ0n) is 21.0. The van der Waals surface area contributed by atoms with E-state index in [1.807, 2.05) is 53.5 Å². The summed E-state index contributed by atoms with van der Waals surface area (Å²) in [5.74, 6) is -1.16. The van der Waals surface area contributed by atoms with Gasteiger partial charge in [-0.2, -0.15) is 0 Å². The second-order valence-electron chi connectivity index (χ2n) is 9.75. The van der Waals surface area contributed by atoms with Crippen LogP contribution < -0.4 is 19.7 Å². The third-order valence-electron chi connectivity index (χ3n) is 7.97. The lowest BCUT2D eigenvalue weighted by Gasteiger charge is -2.37. The van der Waals surface area contributed by atoms with Crippen LogP contribution in [0.3, 0.4) is 0 Å². The minimum absolute atomic E-state index is 0.222. The second-order valence-corrected chi connectivity index (χ2v) is 10.2. The summed E-state index contributed by atoms with van der Waals surface area (Å²) >= 11 is 6.29. The molecule has 0 aromatic heterocycles. The van der Waals surface area contributed by atoms with Crippen LogP contribution in [0.4, 0.5) is 11.4 Å². The monoisotopic (exact) mass is 528 g/mol. The number of rotatable bonds is 5. The predicted octanol–water partition coefficient (Wildman–Crippen LogP) is 4.92. The van der Waals surface area contributed by atoms with Gasteiger partial charge in [-0.3, -0.25) is 14.4 Å². The molecule has 6 rings (SSSR count). The van der Waals surface area contributed by atoms with Crippen LogP contribution in [0.1, 0.15) is 28.4 Å². The Labute approximate surface area is 225 Å². The van der Waals surface area contributed by atoms with Gasteiger partial charge in [-0.25, -0.2) is 0 Å². The molecule has 1 amide bonds. The molecule has 3 aromatic carbocycles. The molecule has 0 saturated carbocycles. The van der Waals surface area contributed by atoms with Crippen LogP contribution in [-0.2, 0) is 15.0 Å². The fourth-order valence-electron chi connectivity index (χ4n) is 6.48. The molecule has 192 valence electrons. The number of Topliss-reactive ketones (excluding diaryl/α,β-unsaturated/α-hetero) is 2. The van der Waals surface area contributed by atoms with Crippen molar-refractivity contribution in [3.8, 4) is 11.5 Å². The summed E-state index contributed by atoms with van der Waals surface area (Å²) < 4.78 is 11.0. The van der Waals surface area contributed by atoms with Gasteiger partial charge in [-0.05, 0) is 60.5 Å². The highest BCUT2D eigenvalue weighted by Gasteiger charge is 2.70. The largest absolute Gasteiger partial charge is 0.497 e. The number of ether oxygens (including phenoxy) is 2. The molecule has 0 radical (unpaired) electrons. The Morgan fingerprint density at radius 2 is 1.82 bits per heavy atom. The quantitative estimate of drug-likeness (QED) is 0.473. The number of nitrogens with one attached hydrogen (secondary N) is 1. The van der Waals surface area contributed by atoms with Crippen LogP contribution in [0, 0.1) is 5.92 Å². The Morgan fingerprint density at radius 1 is 1.03 bits per heavy atom. The first-order valence-electron chi connectivity index (χ1n) is 12.3. The molecule has 3 aliphatic heterocycles. The molecule has 4 atom stereocenters. The van der Waals surface area contributed by atoms with Crippen molar-refractivity contribution < 1.29 is 23.9 Å². The van der Waals surface area contributed by atoms with Crippen molar-refractivity contribution in [3.05, 3.63) is 88.5 Å². The van der Waals surface area contributed by atoms with E-state index in [0.717, 1.165) is 11.3 Å². The van der Waals surface area contributed by atoms with Crippen molar-refractivity contribution in [2.24, 2.45) is 5.92 Å². The molecule has 3 heterocycles. The number of carbonyl (C=O) groups excluding carboxylic acids is 3. The minimum atomic E-state index is -1.37. The summed E-state index contributed by atoms with van der Waals surface area (Å²) in [6, 6.07) is 16.2. The van der Waals surface area contributed by atoms with Crippen LogP contribution in [-0.4, -0.2) is 43.8 Å². The minimum Gasteiger partial charge on any atom is -0.497 e. The van der Waals surface area contributed by atoms with E-state index in [9.17, 15) is 14.4 Å². The van der Waals surface area contributed by atoms with Crippen molar-refractivity contribution in [3.63, 3.8) is 0 Å². The van der Waals surface area contributed by atoms with Gasteiger partial charge >= 0.3 is 0 Å². The highest BCUT2D eigenvalue weighted by atomic mass is 35.5. The molecule has 7 nitrogen and oxygen atoms in total. The Bertz CT molecular complexity index is 1550. The molecule has 0 unspecified atom stereocenters. The van der Waals surface area contributed by atoms with E-state index in [2.05, 4.69) is 5.32 Å². The number of fused-ring (bicyclic) bond motifs is 6. The van der Waals surface area contributed by atoms with E-state index in [1.54, 1.807) is 24.3 Å². The molecule has 38 heavy (non-hydrogen) atoms. The zero-order valence-corrected chi connectivity index (χ0v) is 21.8. The normalized spacial score (nSPS) is 24.5. The Kier molecular flexibility index (Phi) is 5.58. The molecule has 1 N–H and O–H groups in total. The first kappa shape index (κ1) is 24.2. The molecular formula is C30H25ClN2O5. The fourth-order valence-corrected chi connectivity index (χ4v) is 6.66. The zero-order chi connectivity index (χ0) is 26.8. The maximum atomic E-state index is 14.7. The molecule has 1 spiro atoms. The lowest BCUT2D eigenvalue weighted by Crippen LogP contribution is -2.51. The molecular weight excluding hydrogens is 504 g/mol. The van der Waals surface area contributed by atoms with Gasteiger partial charge in [0.05, 0.1) is 37.8 Å². The lowest BCUT2D eigenvalue weighted by molar-refractivity contribution is -0.122. The number of halogens is 1. The number of amides is 1. The first-order valence-corrected chi connectivity index (χ1v) is 12.6. The van der Waals surface area contributed by atoms with Gasteiger partial charge in [-0.15, -0.1) is 0 Å². The summed E-state index contributed by atoms with van der Waals surface area (Å²) in [6.07, 6.45) is 3.82. The average Bonchev–Trinajstić information content (AvgIpc) is 3.40. The summed E-state index contributed by atoms with van der Waals surface area (Å²) in [5.41, 5.74) is 1.75. The van der Waals surface area contributed by atoms with Crippen LogP contribution in [0.25, 0.3) is 6.08 Å². The van der Waals surface area contributed by atoms with Crippen molar-refractivity contribution >= 4 is 46.5 Å². The average molecular weight is 529 g/mol. The molecule has 1 fully saturated rings. The SMILES string of the molecule is COc1ccc(OC)c(C(=O)[C@@H]2[C@@H](C(C)=O)N3c4ccc(Cl)cc4C=C[C@@H]3[C@@]23C(=O)Nc2ccccc23)c1. The van der Waals surface area contributed by atoms with Gasteiger partial charge in [0.2, 0.25) is 5.91 Å². The number of hydrogen-bond donors (Lipinski definition) is 1. The van der Waals surface area contributed by atoms with Crippen molar-refractivity contribution in [2.75, 3.05) is 24.4 Å². The molecule has 8 heteroatoms. The number of nitrogens with zero attached hydrogens (tertiary/aromatic N) is 1. The number of para-hydroxylation sites is 1. The summed E-state index contributed by atoms with van der Waals surface area (Å²) in [7, 11) is 2.99. The van der Waals surface area contributed by atoms with E-state index in [-0.39, 0.29) is 23.0 Å². The topological polar surface area (TPSA) is 84.9 Å². The highest BCUT2D eigenvalue weighted by molar-refractivity contribution is 6.31. The van der Waals surface area contributed by atoms with Gasteiger partial charge in [0.1, 0.15) is 16.9 Å². The number of methoxy groups -OCH3 is 2. The summed E-state index contributed by atoms with van der Waals surface area (Å²) in [6.45, 7) is 1.47. The number of benzene rings is 3. The Balaban J connectivity index is 1.66. The smallest absolute Gasteiger partial charge is 0.238 e. The van der Waals surface area contributed by atoms with Crippen molar-refractivity contribution in [1.82, 2.24) is 0 Å². The molecule has 3 aromatic rings. The van der Waals surface area contributed by atoms with E-state index in [0.29, 0.717) is 27.8 Å². The first-order chi connectivity index (χ1) is 18.3. The van der Waals surface area contributed by atoms with E-state index in [1.165, 1.54) is 21.1 Å². The Hall–Kier alpha value is -4.10. The fraction of sp³-hybridized carbons (Fsp3) is 0.233. The number of hydrogen-bond acceptors (Lipinski definition) is 6. The van der Waals surface area contributed by atoms with E-state index >= 15 is 0 Å². The van der Waals surface area contributed by atoms with Gasteiger partial charge in [-0.1, -0.05) is 42.0 Å². The maximum absolute atomic E-state index is 14.7. The van der Waals surface area contributed by atoms with Crippen molar-refractivity contribution in [2.45, 2.75) is 24.4 Å². The van der Waals surface area contributed by atoms with Crippen LogP contribution in [0.15, 0.2) is 66.7 Å². The lowest BCUT2D eigenvalue weighted by atomic mass is 9.64. The Morgan fingerprint density at radius 3 is 2.55 bits per heavy atom. The second kappa shape index (κ2) is 8.74. The summed E-state index contributed by atoms with van der Waals surface area (Å²) in [5, 5.41) is 3.56. The third-order valence-corrected chi connectivity index (χ3v) is 8.20. The third kappa shape index (κ3) is 3.18. The van der Waals surface area contributed by atoms with E-state index in [4.69, 9.17) is 21.1 Å². The van der Waals surface area contributed by atoms with Gasteiger partial charge in [0.15, 0.2) is 11.6 Å². The predicted molar refractivity (Wildman–Crippen MR) is 145 cm³/mol. The number of ketones is 2. The molecule has 1 saturated heterocycles. The maximum Gasteiger partial charge on any atom is 0.238 e. The molecule has 0 aliphatic carbocycles. The van der Waals surface area contributed by atoms with Crippen molar-refractivity contribution in [1.29, 1.82) is 0 Å². The number of carbonyl (C=O) groups is 3. The standard InChI is InChI=1S/C30H25ClN2O5/c1-16(34)27-26(28(35)20-15-19(37-2)10-12-24(20)38-3)30(21-6-4-5-7-22(21)32-29(30)36)25-13-8-17-14-18(31)9-11-23(17)33(25)27/h4-15,25-27H,1-3H3,(H,32,36)/t25-,26+,27-,30-/m1/s1. The van der Waals surface area contributed by atoms with Crippen LogP contribution in [0.5, 0.6) is 11.5 Å². The van der Waals surface area contributed by atoms with Crippen LogP contribution in [0.2, 0.25) is 5.02 Å². The van der Waals surface area contributed by atoms with E-state index < -0.39 is 23.4 Å². The van der Waals surface area contributed by atoms with Gasteiger partial charge in [0, 0.05) is 16.4 Å².